The zero-order valence-corrected chi connectivity index (χ0v) is 18.8. The fraction of sp³-hybridized carbons (Fsp3) is 0.579. The third kappa shape index (κ3) is 8.04. The van der Waals surface area contributed by atoms with E-state index in [1.807, 2.05) is 0 Å². The smallest absolute Gasteiger partial charge is 0.243 e. The number of hydrogen-bond donors (Lipinski definition) is 0. The molecule has 0 amide bonds. The Kier molecular flexibility index (Phi) is 10.1. The Morgan fingerprint density at radius 3 is 2.33 bits per heavy atom. The molecule has 0 saturated heterocycles. The molecule has 1 aromatic rings. The number of methoxy groups -OCH3 is 1. The first kappa shape index (κ1) is 23.7. The average Bonchev–Trinajstić information content (AvgIpc) is 2.65. The highest BCUT2D eigenvalue weighted by Gasteiger charge is 2.26. The van der Waals surface area contributed by atoms with E-state index in [1.165, 1.54) is 10.6 Å². The van der Waals surface area contributed by atoms with Gasteiger partial charge in [0.05, 0.1) is 18.3 Å². The summed E-state index contributed by atoms with van der Waals surface area (Å²) in [5.41, 5.74) is 0. The van der Waals surface area contributed by atoms with Gasteiger partial charge >= 0.3 is 0 Å². The van der Waals surface area contributed by atoms with Crippen molar-refractivity contribution in [2.24, 2.45) is 0 Å². The fourth-order valence-corrected chi connectivity index (χ4v) is 5.99. The molecule has 1 rings (SSSR count). The molecule has 0 saturated carbocycles. The summed E-state index contributed by atoms with van der Waals surface area (Å²) in [6, 6.07) is 7.46. The van der Waals surface area contributed by atoms with Crippen LogP contribution in [0.15, 0.2) is 42.0 Å². The normalized spacial score (nSPS) is 12.2. The van der Waals surface area contributed by atoms with Gasteiger partial charge in [-0.15, -0.1) is 0 Å². The van der Waals surface area contributed by atoms with Crippen molar-refractivity contribution in [3.63, 3.8) is 0 Å². The first-order valence-corrected chi connectivity index (χ1v) is 13.8. The van der Waals surface area contributed by atoms with Gasteiger partial charge in [-0.2, -0.15) is 4.31 Å². The summed E-state index contributed by atoms with van der Waals surface area (Å²) in [6.07, 6.45) is 3.59. The first-order valence-electron chi connectivity index (χ1n) is 9.27. The number of rotatable bonds is 14. The maximum Gasteiger partial charge on any atom is 0.243 e. The van der Waals surface area contributed by atoms with E-state index in [2.05, 4.69) is 26.6 Å². The van der Waals surface area contributed by atoms with Gasteiger partial charge in [-0.25, -0.2) is 8.42 Å². The summed E-state index contributed by atoms with van der Waals surface area (Å²) in [7, 11) is -3.86. The van der Waals surface area contributed by atoms with Gasteiger partial charge in [-0.1, -0.05) is 26.3 Å². The Morgan fingerprint density at radius 2 is 1.78 bits per heavy atom. The maximum absolute atomic E-state index is 13.0. The Bertz CT molecular complexity index is 661. The second-order valence-electron chi connectivity index (χ2n) is 6.83. The van der Waals surface area contributed by atoms with Gasteiger partial charge in [0.2, 0.25) is 10.0 Å². The largest absolute Gasteiger partial charge is 0.500 e. The lowest BCUT2D eigenvalue weighted by Gasteiger charge is -2.26. The minimum atomic E-state index is -3.64. The van der Waals surface area contributed by atoms with Crippen molar-refractivity contribution in [3.8, 4) is 5.75 Å². The van der Waals surface area contributed by atoms with Crippen molar-refractivity contribution in [3.05, 3.63) is 37.1 Å². The second-order valence-corrected chi connectivity index (χ2v) is 13.1. The Morgan fingerprint density at radius 1 is 1.15 bits per heavy atom. The van der Waals surface area contributed by atoms with Gasteiger partial charge in [-0.05, 0) is 43.4 Å². The van der Waals surface area contributed by atoms with E-state index in [4.69, 9.17) is 13.9 Å². The van der Waals surface area contributed by atoms with Crippen molar-refractivity contribution >= 4 is 18.3 Å². The minimum absolute atomic E-state index is 0.226. The third-order valence-corrected chi connectivity index (χ3v) is 8.70. The standard InChI is InChI=1S/C19H33NO5SSi/c1-6-8-17-27(4,5)25-16-14-20(13-15-24-7-2)26(21,22)19-11-9-18(23-3)10-12-19/h7,9-12H,2,6,8,13-17H2,1,3-5H3. The summed E-state index contributed by atoms with van der Waals surface area (Å²) < 4.78 is 43.8. The molecule has 0 fully saturated rings. The second kappa shape index (κ2) is 11.5. The van der Waals surface area contributed by atoms with Crippen molar-refractivity contribution < 1.29 is 22.3 Å². The van der Waals surface area contributed by atoms with Gasteiger partial charge < -0.3 is 13.9 Å². The Labute approximate surface area is 165 Å². The lowest BCUT2D eigenvalue weighted by Crippen LogP contribution is -2.39. The molecule has 0 heterocycles. The zero-order valence-electron chi connectivity index (χ0n) is 16.9. The molecule has 0 radical (unpaired) electrons. The number of ether oxygens (including phenoxy) is 2. The van der Waals surface area contributed by atoms with Crippen LogP contribution in [0.3, 0.4) is 0 Å². The maximum atomic E-state index is 13.0. The highest BCUT2D eigenvalue weighted by Crippen LogP contribution is 2.20. The van der Waals surface area contributed by atoms with Crippen LogP contribution in [0.5, 0.6) is 5.75 Å². The van der Waals surface area contributed by atoms with Crippen molar-refractivity contribution in [2.45, 2.75) is 43.8 Å². The zero-order chi connectivity index (χ0) is 20.3. The molecule has 1 aromatic carbocycles. The summed E-state index contributed by atoms with van der Waals surface area (Å²) >= 11 is 0. The SMILES string of the molecule is C=COCCN(CCO[Si](C)(C)CCCC)S(=O)(=O)c1ccc(OC)cc1. The van der Waals surface area contributed by atoms with E-state index < -0.39 is 18.3 Å². The molecule has 0 N–H and O–H groups in total. The summed E-state index contributed by atoms with van der Waals surface area (Å²) in [6.45, 7) is 11.2. The molecule has 6 nitrogen and oxygen atoms in total. The average molecular weight is 416 g/mol. The Balaban J connectivity index is 2.83. The fourth-order valence-electron chi connectivity index (χ4n) is 2.59. The highest BCUT2D eigenvalue weighted by atomic mass is 32.2. The monoisotopic (exact) mass is 415 g/mol. The molecule has 154 valence electrons. The van der Waals surface area contributed by atoms with Crippen LogP contribution in [-0.2, 0) is 19.2 Å². The van der Waals surface area contributed by atoms with E-state index in [1.54, 1.807) is 31.4 Å². The van der Waals surface area contributed by atoms with Gasteiger partial charge in [0.25, 0.3) is 0 Å². The van der Waals surface area contributed by atoms with Crippen LogP contribution in [0.1, 0.15) is 19.8 Å². The van der Waals surface area contributed by atoms with Crippen molar-refractivity contribution in [1.82, 2.24) is 4.31 Å². The van der Waals surface area contributed by atoms with E-state index in [-0.39, 0.29) is 24.6 Å². The molecule has 0 spiro atoms. The van der Waals surface area contributed by atoms with Crippen LogP contribution in [-0.4, -0.2) is 54.5 Å². The van der Waals surface area contributed by atoms with Crippen LogP contribution in [0.25, 0.3) is 0 Å². The first-order chi connectivity index (χ1) is 12.8. The predicted molar refractivity (Wildman–Crippen MR) is 111 cm³/mol. The number of nitrogens with zero attached hydrogens (tertiary/aromatic N) is 1. The lowest BCUT2D eigenvalue weighted by atomic mass is 10.3. The van der Waals surface area contributed by atoms with Crippen LogP contribution in [0.4, 0.5) is 0 Å². The molecule has 0 bridgehead atoms. The van der Waals surface area contributed by atoms with Gasteiger partial charge in [0, 0.05) is 19.7 Å². The van der Waals surface area contributed by atoms with Gasteiger partial charge in [0.15, 0.2) is 8.32 Å². The number of unbranched alkanes of at least 4 members (excludes halogenated alkanes) is 1. The van der Waals surface area contributed by atoms with E-state index in [0.717, 1.165) is 18.9 Å². The van der Waals surface area contributed by atoms with Crippen LogP contribution >= 0.6 is 0 Å². The van der Waals surface area contributed by atoms with Crippen molar-refractivity contribution in [1.29, 1.82) is 0 Å². The summed E-state index contributed by atoms with van der Waals surface area (Å²) in [5, 5.41) is 0. The van der Waals surface area contributed by atoms with E-state index in [0.29, 0.717) is 12.4 Å². The van der Waals surface area contributed by atoms with Crippen LogP contribution in [0.2, 0.25) is 19.1 Å². The molecular formula is C19H33NO5SSi. The number of hydrogen-bond acceptors (Lipinski definition) is 5. The summed E-state index contributed by atoms with van der Waals surface area (Å²) in [5.74, 6) is 0.613. The molecule has 0 aliphatic rings. The molecular weight excluding hydrogens is 382 g/mol. The van der Waals surface area contributed by atoms with Gasteiger partial charge in [0.1, 0.15) is 12.4 Å². The van der Waals surface area contributed by atoms with E-state index >= 15 is 0 Å². The predicted octanol–water partition coefficient (Wildman–Crippen LogP) is 3.87. The van der Waals surface area contributed by atoms with Gasteiger partial charge in [-0.3, -0.25) is 0 Å². The third-order valence-electron chi connectivity index (χ3n) is 4.24. The lowest BCUT2D eigenvalue weighted by molar-refractivity contribution is 0.204. The van der Waals surface area contributed by atoms with E-state index in [9.17, 15) is 8.42 Å². The highest BCUT2D eigenvalue weighted by molar-refractivity contribution is 7.89. The summed E-state index contributed by atoms with van der Waals surface area (Å²) in [4.78, 5) is 0.226. The molecule has 27 heavy (non-hydrogen) atoms. The minimum Gasteiger partial charge on any atom is -0.500 e. The molecule has 0 aliphatic carbocycles. The molecule has 0 unspecified atom stereocenters. The Hall–Kier alpha value is -1.35. The number of sulfonamides is 1. The molecule has 0 aromatic heterocycles. The number of benzene rings is 1. The quantitative estimate of drug-likeness (QED) is 0.262. The molecule has 0 atom stereocenters. The molecule has 8 heteroatoms. The topological polar surface area (TPSA) is 65.1 Å². The van der Waals surface area contributed by atoms with Crippen molar-refractivity contribution in [2.75, 3.05) is 33.4 Å². The van der Waals surface area contributed by atoms with Crippen LogP contribution in [0, 0.1) is 0 Å². The molecule has 0 aliphatic heterocycles. The van der Waals surface area contributed by atoms with Crippen LogP contribution < -0.4 is 4.74 Å².